The highest BCUT2D eigenvalue weighted by Crippen LogP contribution is 2.30. The maximum Gasteiger partial charge on any atom is 0.155 e. The first-order chi connectivity index (χ1) is 7.50. The van der Waals surface area contributed by atoms with Crippen LogP contribution in [0.3, 0.4) is 0 Å². The third kappa shape index (κ3) is 1.95. The second-order valence-corrected chi connectivity index (χ2v) is 5.06. The zero-order valence-electron chi connectivity index (χ0n) is 9.61. The van der Waals surface area contributed by atoms with Gasteiger partial charge in [0.1, 0.15) is 5.15 Å². The van der Waals surface area contributed by atoms with Gasteiger partial charge in [-0.15, -0.1) is 0 Å². The minimum atomic E-state index is -0.00981. The van der Waals surface area contributed by atoms with E-state index in [1.54, 1.807) is 17.1 Å². The molecule has 0 N–H and O–H groups in total. The number of halogens is 1. The fraction of sp³-hybridized carbons (Fsp3) is 0.333. The molecule has 0 fully saturated rings. The molecule has 2 aromatic heterocycles. The van der Waals surface area contributed by atoms with E-state index in [-0.39, 0.29) is 5.41 Å². The number of rotatable bonds is 1. The van der Waals surface area contributed by atoms with Gasteiger partial charge in [-0.2, -0.15) is 5.10 Å². The van der Waals surface area contributed by atoms with Gasteiger partial charge in [0.15, 0.2) is 5.82 Å². The quantitative estimate of drug-likeness (QED) is 0.760. The molecule has 0 atom stereocenters. The zero-order chi connectivity index (χ0) is 11.8. The molecule has 0 saturated heterocycles. The van der Waals surface area contributed by atoms with Gasteiger partial charge in [0.2, 0.25) is 0 Å². The molecule has 0 aliphatic carbocycles. The normalized spacial score (nSPS) is 11.8. The zero-order valence-corrected chi connectivity index (χ0v) is 10.4. The van der Waals surface area contributed by atoms with Crippen molar-refractivity contribution in [2.24, 2.45) is 0 Å². The highest BCUT2D eigenvalue weighted by Gasteiger charge is 2.21. The maximum absolute atomic E-state index is 6.30. The molecular formula is C12H14ClN3. The van der Waals surface area contributed by atoms with Gasteiger partial charge in [-0.1, -0.05) is 38.4 Å². The summed E-state index contributed by atoms with van der Waals surface area (Å²) in [6.07, 6.45) is 3.53. The van der Waals surface area contributed by atoms with E-state index in [2.05, 4.69) is 30.9 Å². The van der Waals surface area contributed by atoms with Gasteiger partial charge < -0.3 is 0 Å². The average molecular weight is 236 g/mol. The Balaban J connectivity index is 2.50. The van der Waals surface area contributed by atoms with Gasteiger partial charge >= 0.3 is 0 Å². The van der Waals surface area contributed by atoms with Gasteiger partial charge in [-0.25, -0.2) is 9.67 Å². The molecular weight excluding hydrogens is 222 g/mol. The molecule has 0 saturated carbocycles. The highest BCUT2D eigenvalue weighted by atomic mass is 35.5. The summed E-state index contributed by atoms with van der Waals surface area (Å²) in [6, 6.07) is 5.66. The standard InChI is InChI=1S/C12H14ClN3/c1-12(2,3)9-8-15-16(11(9)13)10-6-4-5-7-14-10/h4-8H,1-3H3. The van der Waals surface area contributed by atoms with E-state index in [0.29, 0.717) is 5.15 Å². The summed E-state index contributed by atoms with van der Waals surface area (Å²) in [5, 5.41) is 4.91. The summed E-state index contributed by atoms with van der Waals surface area (Å²) in [6.45, 7) is 6.33. The van der Waals surface area contributed by atoms with Crippen molar-refractivity contribution >= 4 is 11.6 Å². The molecule has 0 aliphatic rings. The molecule has 16 heavy (non-hydrogen) atoms. The first kappa shape index (κ1) is 11.1. The van der Waals surface area contributed by atoms with Crippen molar-refractivity contribution in [1.82, 2.24) is 14.8 Å². The van der Waals surface area contributed by atoms with Gasteiger partial charge in [0.25, 0.3) is 0 Å². The van der Waals surface area contributed by atoms with Crippen molar-refractivity contribution in [3.8, 4) is 5.82 Å². The Morgan fingerprint density at radius 3 is 2.50 bits per heavy atom. The van der Waals surface area contributed by atoms with Crippen molar-refractivity contribution in [3.63, 3.8) is 0 Å². The summed E-state index contributed by atoms with van der Waals surface area (Å²) in [5.41, 5.74) is 1.02. The minimum absolute atomic E-state index is 0.00981. The molecule has 0 amide bonds. The van der Waals surface area contributed by atoms with Crippen molar-refractivity contribution in [2.45, 2.75) is 26.2 Å². The smallest absolute Gasteiger partial charge is 0.155 e. The van der Waals surface area contributed by atoms with Crippen LogP contribution in [0.15, 0.2) is 30.6 Å². The lowest BCUT2D eigenvalue weighted by Crippen LogP contribution is -2.11. The van der Waals surface area contributed by atoms with E-state index >= 15 is 0 Å². The number of nitrogens with zero attached hydrogens (tertiary/aromatic N) is 3. The van der Waals surface area contributed by atoms with Crippen LogP contribution in [-0.2, 0) is 5.41 Å². The summed E-state index contributed by atoms with van der Waals surface area (Å²) in [7, 11) is 0. The predicted octanol–water partition coefficient (Wildman–Crippen LogP) is 3.22. The molecule has 0 aliphatic heterocycles. The monoisotopic (exact) mass is 235 g/mol. The topological polar surface area (TPSA) is 30.7 Å². The number of aromatic nitrogens is 3. The molecule has 0 spiro atoms. The molecule has 2 rings (SSSR count). The highest BCUT2D eigenvalue weighted by molar-refractivity contribution is 6.30. The van der Waals surface area contributed by atoms with Gasteiger partial charge in [0.05, 0.1) is 6.20 Å². The van der Waals surface area contributed by atoms with Crippen LogP contribution < -0.4 is 0 Å². The molecule has 0 radical (unpaired) electrons. The van der Waals surface area contributed by atoms with Crippen LogP contribution in [0.2, 0.25) is 5.15 Å². The second-order valence-electron chi connectivity index (χ2n) is 4.70. The van der Waals surface area contributed by atoms with E-state index in [1.165, 1.54) is 0 Å². The summed E-state index contributed by atoms with van der Waals surface area (Å²) < 4.78 is 1.65. The third-order valence-electron chi connectivity index (χ3n) is 2.38. The minimum Gasteiger partial charge on any atom is -0.237 e. The molecule has 4 heteroatoms. The summed E-state index contributed by atoms with van der Waals surface area (Å²) in [5.74, 6) is 0.739. The molecule has 84 valence electrons. The van der Waals surface area contributed by atoms with E-state index < -0.39 is 0 Å². The Morgan fingerprint density at radius 1 is 1.25 bits per heavy atom. The van der Waals surface area contributed by atoms with E-state index in [4.69, 9.17) is 11.6 Å². The van der Waals surface area contributed by atoms with Crippen LogP contribution in [0.4, 0.5) is 0 Å². The Bertz CT molecular complexity index is 483. The molecule has 0 unspecified atom stereocenters. The predicted molar refractivity (Wildman–Crippen MR) is 65.1 cm³/mol. The van der Waals surface area contributed by atoms with Gasteiger partial charge in [0, 0.05) is 11.8 Å². The second kappa shape index (κ2) is 3.91. The first-order valence-corrected chi connectivity index (χ1v) is 5.53. The number of pyridine rings is 1. The van der Waals surface area contributed by atoms with Crippen LogP contribution in [0.5, 0.6) is 0 Å². The lowest BCUT2D eigenvalue weighted by atomic mass is 9.90. The van der Waals surface area contributed by atoms with Crippen molar-refractivity contribution in [2.75, 3.05) is 0 Å². The fourth-order valence-corrected chi connectivity index (χ4v) is 1.94. The van der Waals surface area contributed by atoms with Crippen LogP contribution in [-0.4, -0.2) is 14.8 Å². The first-order valence-electron chi connectivity index (χ1n) is 5.15. The van der Waals surface area contributed by atoms with Crippen molar-refractivity contribution in [1.29, 1.82) is 0 Å². The number of hydrogen-bond donors (Lipinski definition) is 0. The van der Waals surface area contributed by atoms with Crippen LogP contribution in [0.1, 0.15) is 26.3 Å². The Morgan fingerprint density at radius 2 is 2.00 bits per heavy atom. The lowest BCUT2D eigenvalue weighted by Gasteiger charge is -2.16. The molecule has 0 bridgehead atoms. The number of hydrogen-bond acceptors (Lipinski definition) is 2. The van der Waals surface area contributed by atoms with Gasteiger partial charge in [-0.05, 0) is 17.5 Å². The molecule has 3 nitrogen and oxygen atoms in total. The van der Waals surface area contributed by atoms with Crippen molar-refractivity contribution < 1.29 is 0 Å². The van der Waals surface area contributed by atoms with Crippen LogP contribution in [0, 0.1) is 0 Å². The SMILES string of the molecule is CC(C)(C)c1cnn(-c2ccccn2)c1Cl. The molecule has 2 heterocycles. The van der Waals surface area contributed by atoms with E-state index in [0.717, 1.165) is 11.4 Å². The van der Waals surface area contributed by atoms with E-state index in [9.17, 15) is 0 Å². The molecule has 0 aromatic carbocycles. The summed E-state index contributed by atoms with van der Waals surface area (Å²) >= 11 is 6.30. The molecule has 2 aromatic rings. The lowest BCUT2D eigenvalue weighted by molar-refractivity contribution is 0.590. The Kier molecular flexibility index (Phi) is 2.72. The third-order valence-corrected chi connectivity index (χ3v) is 2.75. The summed E-state index contributed by atoms with van der Waals surface area (Å²) in [4.78, 5) is 4.22. The fourth-order valence-electron chi connectivity index (χ4n) is 1.48. The average Bonchev–Trinajstić information content (AvgIpc) is 2.61. The Labute approximate surface area is 100 Å². The van der Waals surface area contributed by atoms with Crippen molar-refractivity contribution in [3.05, 3.63) is 41.3 Å². The van der Waals surface area contributed by atoms with Crippen LogP contribution in [0.25, 0.3) is 5.82 Å². The Hall–Kier alpha value is -1.35. The van der Waals surface area contributed by atoms with Gasteiger partial charge in [-0.3, -0.25) is 0 Å². The maximum atomic E-state index is 6.30. The van der Waals surface area contributed by atoms with E-state index in [1.807, 2.05) is 18.2 Å². The largest absolute Gasteiger partial charge is 0.237 e. The van der Waals surface area contributed by atoms with Crippen LogP contribution >= 0.6 is 11.6 Å².